The normalized spacial score (nSPS) is 20.2. The second kappa shape index (κ2) is 6.34. The van der Waals surface area contributed by atoms with Crippen LogP contribution in [0.5, 0.6) is 0 Å². The summed E-state index contributed by atoms with van der Waals surface area (Å²) in [5.74, 6) is -1.02. The fourth-order valence-electron chi connectivity index (χ4n) is 2.77. The second-order valence-corrected chi connectivity index (χ2v) is 7.63. The summed E-state index contributed by atoms with van der Waals surface area (Å²) in [4.78, 5) is 26.1. The zero-order valence-corrected chi connectivity index (χ0v) is 14.6. The van der Waals surface area contributed by atoms with Crippen molar-refractivity contribution in [2.45, 2.75) is 25.2 Å². The van der Waals surface area contributed by atoms with E-state index in [2.05, 4.69) is 15.5 Å². The number of carbonyl (C=O) groups excluding carboxylic acids is 2. The van der Waals surface area contributed by atoms with Gasteiger partial charge in [0, 0.05) is 24.6 Å². The molecular weight excluding hydrogens is 367 g/mol. The Hall–Kier alpha value is -2.06. The molecule has 2 aromatic rings. The monoisotopic (exact) mass is 380 g/mol. The Morgan fingerprint density at radius 1 is 1.36 bits per heavy atom. The Bertz CT molecular complexity index is 854. The highest BCUT2D eigenvalue weighted by Gasteiger charge is 2.36. The van der Waals surface area contributed by atoms with Crippen LogP contribution in [-0.4, -0.2) is 28.6 Å². The average Bonchev–Trinajstić information content (AvgIpc) is 3.21. The first-order chi connectivity index (χ1) is 12.0. The van der Waals surface area contributed by atoms with E-state index in [9.17, 15) is 14.0 Å². The van der Waals surface area contributed by atoms with Crippen LogP contribution in [0, 0.1) is 11.7 Å². The van der Waals surface area contributed by atoms with Gasteiger partial charge in [0.1, 0.15) is 10.8 Å². The standard InChI is InChI=1S/C16H14ClFN4O2S/c17-11-6-10(3-4-12(11)18)22-7-9(5-13(22)23)14(24)19-16-21-20-15(25-16)8-1-2-8/h3-4,6,8-9H,1-2,5,7H2,(H,19,21,24)/t9-/m1/s1. The Morgan fingerprint density at radius 3 is 2.88 bits per heavy atom. The Morgan fingerprint density at radius 2 is 2.16 bits per heavy atom. The van der Waals surface area contributed by atoms with Crippen LogP contribution in [-0.2, 0) is 9.59 Å². The molecule has 1 aromatic carbocycles. The van der Waals surface area contributed by atoms with E-state index in [-0.39, 0.29) is 29.8 Å². The van der Waals surface area contributed by atoms with Gasteiger partial charge in [-0.1, -0.05) is 22.9 Å². The Kier molecular flexibility index (Phi) is 4.16. The van der Waals surface area contributed by atoms with Gasteiger partial charge in [0.25, 0.3) is 0 Å². The lowest BCUT2D eigenvalue weighted by Crippen LogP contribution is -2.28. The molecule has 2 amide bonds. The first-order valence-corrected chi connectivity index (χ1v) is 9.10. The highest BCUT2D eigenvalue weighted by molar-refractivity contribution is 7.15. The minimum atomic E-state index is -0.547. The Labute approximate surface area is 152 Å². The van der Waals surface area contributed by atoms with Crippen LogP contribution in [0.4, 0.5) is 15.2 Å². The summed E-state index contributed by atoms with van der Waals surface area (Å²) in [7, 11) is 0. The molecule has 0 spiro atoms. The van der Waals surface area contributed by atoms with E-state index in [4.69, 9.17) is 11.6 Å². The van der Waals surface area contributed by atoms with Crippen molar-refractivity contribution < 1.29 is 14.0 Å². The number of amides is 2. The first-order valence-electron chi connectivity index (χ1n) is 7.91. The van der Waals surface area contributed by atoms with E-state index < -0.39 is 11.7 Å². The molecule has 4 rings (SSSR count). The van der Waals surface area contributed by atoms with Crippen LogP contribution in [0.25, 0.3) is 0 Å². The van der Waals surface area contributed by atoms with Crippen molar-refractivity contribution in [1.82, 2.24) is 10.2 Å². The van der Waals surface area contributed by atoms with Gasteiger partial charge in [-0.05, 0) is 31.0 Å². The molecule has 2 heterocycles. The molecule has 2 fully saturated rings. The van der Waals surface area contributed by atoms with E-state index >= 15 is 0 Å². The molecule has 1 aliphatic heterocycles. The summed E-state index contributed by atoms with van der Waals surface area (Å²) in [6, 6.07) is 4.08. The number of nitrogens with one attached hydrogen (secondary N) is 1. The molecule has 1 atom stereocenters. The van der Waals surface area contributed by atoms with Crippen LogP contribution in [0.3, 0.4) is 0 Å². The predicted octanol–water partition coefficient (Wildman–Crippen LogP) is 3.20. The molecule has 0 unspecified atom stereocenters. The molecule has 1 aromatic heterocycles. The van der Waals surface area contributed by atoms with Gasteiger partial charge >= 0.3 is 0 Å². The van der Waals surface area contributed by atoms with Crippen molar-refractivity contribution in [1.29, 1.82) is 0 Å². The van der Waals surface area contributed by atoms with Crippen molar-refractivity contribution in [3.05, 3.63) is 34.0 Å². The van der Waals surface area contributed by atoms with Crippen LogP contribution in [0.2, 0.25) is 5.02 Å². The van der Waals surface area contributed by atoms with Crippen molar-refractivity contribution >= 4 is 45.6 Å². The number of carbonyl (C=O) groups is 2. The summed E-state index contributed by atoms with van der Waals surface area (Å²) in [6.45, 7) is 0.223. The predicted molar refractivity (Wildman–Crippen MR) is 92.4 cm³/mol. The fourth-order valence-corrected chi connectivity index (χ4v) is 3.86. The number of nitrogens with zero attached hydrogens (tertiary/aromatic N) is 3. The smallest absolute Gasteiger partial charge is 0.231 e. The summed E-state index contributed by atoms with van der Waals surface area (Å²) < 4.78 is 13.3. The zero-order chi connectivity index (χ0) is 17.6. The van der Waals surface area contributed by atoms with Gasteiger partial charge < -0.3 is 10.2 Å². The third kappa shape index (κ3) is 3.36. The molecule has 2 aliphatic rings. The topological polar surface area (TPSA) is 75.2 Å². The van der Waals surface area contributed by atoms with E-state index in [1.54, 1.807) is 0 Å². The van der Waals surface area contributed by atoms with Crippen LogP contribution in [0.15, 0.2) is 18.2 Å². The van der Waals surface area contributed by atoms with Crippen molar-refractivity contribution in [2.75, 3.05) is 16.8 Å². The minimum Gasteiger partial charge on any atom is -0.312 e. The van der Waals surface area contributed by atoms with Crippen LogP contribution < -0.4 is 10.2 Å². The summed E-state index contributed by atoms with van der Waals surface area (Å²) in [6.07, 6.45) is 2.33. The van der Waals surface area contributed by atoms with Crippen molar-refractivity contribution in [2.24, 2.45) is 5.92 Å². The van der Waals surface area contributed by atoms with E-state index in [1.807, 2.05) is 0 Å². The molecule has 130 valence electrons. The number of halogens is 2. The number of rotatable bonds is 4. The van der Waals surface area contributed by atoms with E-state index in [0.29, 0.717) is 16.7 Å². The molecule has 0 bridgehead atoms. The van der Waals surface area contributed by atoms with Crippen LogP contribution in [0.1, 0.15) is 30.2 Å². The summed E-state index contributed by atoms with van der Waals surface area (Å²) in [5.41, 5.74) is 0.485. The molecule has 25 heavy (non-hydrogen) atoms. The quantitative estimate of drug-likeness (QED) is 0.883. The van der Waals surface area contributed by atoms with Gasteiger partial charge in [0.05, 0.1) is 10.9 Å². The molecule has 1 saturated heterocycles. The van der Waals surface area contributed by atoms with Gasteiger partial charge in [-0.15, -0.1) is 10.2 Å². The molecular formula is C16H14ClFN4O2S. The van der Waals surface area contributed by atoms with Crippen molar-refractivity contribution in [3.63, 3.8) is 0 Å². The maximum absolute atomic E-state index is 13.3. The number of anilines is 2. The minimum absolute atomic E-state index is 0.0559. The highest BCUT2D eigenvalue weighted by atomic mass is 35.5. The molecule has 1 aliphatic carbocycles. The molecule has 9 heteroatoms. The molecule has 1 saturated carbocycles. The van der Waals surface area contributed by atoms with E-state index in [0.717, 1.165) is 17.8 Å². The summed E-state index contributed by atoms with van der Waals surface area (Å²) in [5, 5.41) is 12.2. The SMILES string of the molecule is O=C(Nc1nnc(C2CC2)s1)[C@@H]1CC(=O)N(c2ccc(F)c(Cl)c2)C1. The lowest BCUT2D eigenvalue weighted by atomic mass is 10.1. The third-order valence-corrected chi connectivity index (χ3v) is 5.60. The Balaban J connectivity index is 1.43. The number of hydrogen-bond acceptors (Lipinski definition) is 5. The largest absolute Gasteiger partial charge is 0.312 e. The van der Waals surface area contributed by atoms with Gasteiger partial charge in [0.15, 0.2) is 0 Å². The van der Waals surface area contributed by atoms with Gasteiger partial charge in [-0.2, -0.15) is 0 Å². The third-order valence-electron chi connectivity index (χ3n) is 4.31. The van der Waals surface area contributed by atoms with Crippen LogP contribution >= 0.6 is 22.9 Å². The maximum atomic E-state index is 13.3. The molecule has 6 nitrogen and oxygen atoms in total. The van der Waals surface area contributed by atoms with Gasteiger partial charge in [-0.3, -0.25) is 9.59 Å². The zero-order valence-electron chi connectivity index (χ0n) is 13.0. The average molecular weight is 381 g/mol. The fraction of sp³-hybridized carbons (Fsp3) is 0.375. The van der Waals surface area contributed by atoms with Gasteiger partial charge in [0.2, 0.25) is 16.9 Å². The lowest BCUT2D eigenvalue weighted by Gasteiger charge is -2.17. The number of aromatic nitrogens is 2. The summed E-state index contributed by atoms with van der Waals surface area (Å²) >= 11 is 7.15. The lowest BCUT2D eigenvalue weighted by molar-refractivity contribution is -0.122. The maximum Gasteiger partial charge on any atom is 0.231 e. The molecule has 0 radical (unpaired) electrons. The molecule has 1 N–H and O–H groups in total. The second-order valence-electron chi connectivity index (χ2n) is 6.21. The van der Waals surface area contributed by atoms with E-state index in [1.165, 1.54) is 34.4 Å². The number of hydrogen-bond donors (Lipinski definition) is 1. The highest BCUT2D eigenvalue weighted by Crippen LogP contribution is 2.42. The first kappa shape index (κ1) is 16.4. The van der Waals surface area contributed by atoms with Crippen molar-refractivity contribution in [3.8, 4) is 0 Å². The van der Waals surface area contributed by atoms with Gasteiger partial charge in [-0.25, -0.2) is 4.39 Å². The number of benzene rings is 1.